The molecule has 0 saturated carbocycles. The highest BCUT2D eigenvalue weighted by atomic mass is 32.2. The molecule has 3 aromatic rings. The number of hydrogen-bond acceptors (Lipinski definition) is 3. The van der Waals surface area contributed by atoms with Crippen LogP contribution in [-0.4, -0.2) is 20.9 Å². The van der Waals surface area contributed by atoms with Gasteiger partial charge < -0.3 is 5.32 Å². The summed E-state index contributed by atoms with van der Waals surface area (Å²) in [5.74, 6) is -0.201. The molecule has 32 heavy (non-hydrogen) atoms. The number of benzene rings is 3. The average molecular weight is 449 g/mol. The number of carbonyl (C=O) groups excluding carboxylic acids is 1. The Morgan fingerprint density at radius 3 is 2.22 bits per heavy atom. The van der Waals surface area contributed by atoms with Gasteiger partial charge in [0.15, 0.2) is 0 Å². The molecule has 6 heteroatoms. The van der Waals surface area contributed by atoms with E-state index in [9.17, 15) is 13.2 Å². The molecule has 0 bridgehead atoms. The average Bonchev–Trinajstić information content (AvgIpc) is 2.82. The first kappa shape index (κ1) is 23.3. The number of hydrogen-bond donors (Lipinski definition) is 1. The second kappa shape index (κ2) is 10.3. The number of nitrogens with zero attached hydrogens (tertiary/aromatic N) is 1. The van der Waals surface area contributed by atoms with Gasteiger partial charge in [0.1, 0.15) is 0 Å². The van der Waals surface area contributed by atoms with E-state index in [4.69, 9.17) is 0 Å². The lowest BCUT2D eigenvalue weighted by atomic mass is 9.99. The maximum atomic E-state index is 13.1. The molecule has 0 aliphatic heterocycles. The first-order valence-corrected chi connectivity index (χ1v) is 12.0. The van der Waals surface area contributed by atoms with Gasteiger partial charge in [0, 0.05) is 5.56 Å². The summed E-state index contributed by atoms with van der Waals surface area (Å²) < 4.78 is 27.5. The van der Waals surface area contributed by atoms with E-state index in [1.165, 1.54) is 10.4 Å². The third kappa shape index (κ3) is 5.08. The van der Waals surface area contributed by atoms with E-state index >= 15 is 0 Å². The van der Waals surface area contributed by atoms with Crippen LogP contribution in [0.2, 0.25) is 0 Å². The van der Waals surface area contributed by atoms with Crippen molar-refractivity contribution >= 4 is 21.6 Å². The van der Waals surface area contributed by atoms with E-state index in [0.717, 1.165) is 17.5 Å². The minimum absolute atomic E-state index is 0.0981. The predicted octanol–water partition coefficient (Wildman–Crippen LogP) is 5.26. The van der Waals surface area contributed by atoms with Crippen molar-refractivity contribution in [3.63, 3.8) is 0 Å². The Hall–Kier alpha value is -3.38. The normalized spacial score (nSPS) is 12.1. The molecule has 1 N–H and O–H groups in total. The van der Waals surface area contributed by atoms with Crippen molar-refractivity contribution in [2.45, 2.75) is 31.2 Å². The largest absolute Gasteiger partial charge is 0.345 e. The van der Waals surface area contributed by atoms with Gasteiger partial charge in [-0.3, -0.25) is 9.10 Å². The molecule has 5 nitrogen and oxygen atoms in total. The lowest BCUT2D eigenvalue weighted by molar-refractivity contribution is 0.0935. The minimum Gasteiger partial charge on any atom is -0.345 e. The lowest BCUT2D eigenvalue weighted by Crippen LogP contribution is -2.31. The zero-order chi connectivity index (χ0) is 23.1. The first-order valence-electron chi connectivity index (χ1n) is 10.5. The summed E-state index contributed by atoms with van der Waals surface area (Å²) >= 11 is 0. The van der Waals surface area contributed by atoms with Crippen LogP contribution in [0.4, 0.5) is 5.69 Å². The van der Waals surface area contributed by atoms with Crippen LogP contribution in [0.5, 0.6) is 0 Å². The van der Waals surface area contributed by atoms with Crippen LogP contribution in [0.25, 0.3) is 0 Å². The van der Waals surface area contributed by atoms with Crippen molar-refractivity contribution in [3.8, 4) is 0 Å². The van der Waals surface area contributed by atoms with E-state index < -0.39 is 10.0 Å². The fourth-order valence-electron chi connectivity index (χ4n) is 3.58. The number of aryl methyl sites for hydroxylation is 1. The molecule has 0 radical (unpaired) electrons. The van der Waals surface area contributed by atoms with Gasteiger partial charge in [0.05, 0.1) is 23.2 Å². The fourth-order valence-corrected chi connectivity index (χ4v) is 5.03. The first-order chi connectivity index (χ1) is 15.4. The highest BCUT2D eigenvalue weighted by molar-refractivity contribution is 7.92. The highest BCUT2D eigenvalue weighted by Gasteiger charge is 2.24. The van der Waals surface area contributed by atoms with E-state index in [2.05, 4.69) is 11.9 Å². The summed E-state index contributed by atoms with van der Waals surface area (Å²) in [6, 6.07) is 22.7. The molecule has 1 amide bonds. The molecule has 3 rings (SSSR count). The van der Waals surface area contributed by atoms with Crippen LogP contribution in [-0.2, 0) is 10.0 Å². The van der Waals surface area contributed by atoms with Gasteiger partial charge >= 0.3 is 0 Å². The van der Waals surface area contributed by atoms with Crippen LogP contribution in [0.1, 0.15) is 40.9 Å². The van der Waals surface area contributed by atoms with E-state index in [1.54, 1.807) is 54.6 Å². The van der Waals surface area contributed by atoms with Crippen molar-refractivity contribution in [1.29, 1.82) is 0 Å². The zero-order valence-corrected chi connectivity index (χ0v) is 19.2. The van der Waals surface area contributed by atoms with Crippen LogP contribution < -0.4 is 9.62 Å². The van der Waals surface area contributed by atoms with Crippen molar-refractivity contribution in [2.24, 2.45) is 0 Å². The Labute approximate surface area is 190 Å². The predicted molar refractivity (Wildman–Crippen MR) is 129 cm³/mol. The Bertz CT molecular complexity index is 1170. The smallest absolute Gasteiger partial charge is 0.264 e. The van der Waals surface area contributed by atoms with Crippen LogP contribution >= 0.6 is 0 Å². The SMILES string of the molecule is C=CCN(c1ccc(C(=O)N[C@@H](CC)c2ccccc2C)cc1)S(=O)(=O)c1ccccc1. The van der Waals surface area contributed by atoms with Gasteiger partial charge in [-0.2, -0.15) is 0 Å². The lowest BCUT2D eigenvalue weighted by Gasteiger charge is -2.23. The van der Waals surface area contributed by atoms with Crippen molar-refractivity contribution in [3.05, 3.63) is 108 Å². The van der Waals surface area contributed by atoms with Crippen LogP contribution in [0.15, 0.2) is 96.4 Å². The number of sulfonamides is 1. The standard InChI is InChI=1S/C26H28N2O3S/c1-4-19-28(32(30,31)23-12-7-6-8-13-23)22-17-15-21(16-18-22)26(29)27-25(5-2)24-14-10-9-11-20(24)3/h4,6-18,25H,1,5,19H2,2-3H3,(H,27,29)/t25-/m0/s1. The summed E-state index contributed by atoms with van der Waals surface area (Å²) in [6.45, 7) is 7.86. The molecule has 0 unspecified atom stereocenters. The monoisotopic (exact) mass is 448 g/mol. The Kier molecular flexibility index (Phi) is 7.49. The minimum atomic E-state index is -3.75. The van der Waals surface area contributed by atoms with Crippen molar-refractivity contribution in [2.75, 3.05) is 10.8 Å². The topological polar surface area (TPSA) is 66.5 Å². The zero-order valence-electron chi connectivity index (χ0n) is 18.4. The van der Waals surface area contributed by atoms with E-state index in [-0.39, 0.29) is 23.4 Å². The van der Waals surface area contributed by atoms with E-state index in [1.807, 2.05) is 38.1 Å². The Morgan fingerprint density at radius 1 is 1.00 bits per heavy atom. The van der Waals surface area contributed by atoms with Crippen molar-refractivity contribution < 1.29 is 13.2 Å². The number of rotatable bonds is 9. The van der Waals surface area contributed by atoms with Crippen LogP contribution in [0, 0.1) is 6.92 Å². The second-order valence-corrected chi connectivity index (χ2v) is 9.34. The maximum Gasteiger partial charge on any atom is 0.264 e. The van der Waals surface area contributed by atoms with Gasteiger partial charge in [0.2, 0.25) is 0 Å². The molecule has 0 spiro atoms. The molecule has 3 aromatic carbocycles. The molecule has 0 aromatic heterocycles. The molecule has 0 fully saturated rings. The van der Waals surface area contributed by atoms with Gasteiger partial charge in [-0.25, -0.2) is 8.42 Å². The van der Waals surface area contributed by atoms with Gasteiger partial charge in [-0.05, 0) is 60.9 Å². The molecule has 0 saturated heterocycles. The van der Waals surface area contributed by atoms with Gasteiger partial charge in [-0.1, -0.05) is 55.5 Å². The molecule has 0 aliphatic rings. The van der Waals surface area contributed by atoms with E-state index in [0.29, 0.717) is 11.3 Å². The Balaban J connectivity index is 1.83. The van der Waals surface area contributed by atoms with Crippen LogP contribution in [0.3, 0.4) is 0 Å². The number of amides is 1. The number of carbonyl (C=O) groups is 1. The summed E-state index contributed by atoms with van der Waals surface area (Å²) in [6.07, 6.45) is 2.30. The molecule has 166 valence electrons. The third-order valence-corrected chi connectivity index (χ3v) is 7.13. The molecule has 0 aliphatic carbocycles. The molecular formula is C26H28N2O3S. The fraction of sp³-hybridized carbons (Fsp3) is 0.192. The number of nitrogens with one attached hydrogen (secondary N) is 1. The quantitative estimate of drug-likeness (QED) is 0.454. The number of anilines is 1. The third-order valence-electron chi connectivity index (χ3n) is 5.32. The molecular weight excluding hydrogens is 420 g/mol. The summed E-state index contributed by atoms with van der Waals surface area (Å²) in [4.78, 5) is 13.1. The summed E-state index contributed by atoms with van der Waals surface area (Å²) in [5, 5.41) is 3.08. The van der Waals surface area contributed by atoms with Crippen molar-refractivity contribution in [1.82, 2.24) is 5.32 Å². The maximum absolute atomic E-state index is 13.1. The van der Waals surface area contributed by atoms with Gasteiger partial charge in [0.25, 0.3) is 15.9 Å². The second-order valence-electron chi connectivity index (χ2n) is 7.48. The summed E-state index contributed by atoms with van der Waals surface area (Å²) in [5.41, 5.74) is 3.15. The summed E-state index contributed by atoms with van der Waals surface area (Å²) in [7, 11) is -3.75. The highest BCUT2D eigenvalue weighted by Crippen LogP contribution is 2.25. The van der Waals surface area contributed by atoms with Gasteiger partial charge in [-0.15, -0.1) is 6.58 Å². The Morgan fingerprint density at radius 2 is 1.62 bits per heavy atom. The molecule has 0 heterocycles. The molecule has 1 atom stereocenters.